The average Bonchev–Trinajstić information content (AvgIpc) is 3.88. The fourth-order valence-corrected chi connectivity index (χ4v) is 10.8. The summed E-state index contributed by atoms with van der Waals surface area (Å²) >= 11 is 0. The van der Waals surface area contributed by atoms with Crippen LogP contribution in [-0.4, -0.2) is 4.57 Å². The number of aromatic nitrogens is 1. The van der Waals surface area contributed by atoms with Crippen molar-refractivity contribution in [2.45, 2.75) is 31.7 Å². The molecular formula is C57H42N2. The first-order valence-corrected chi connectivity index (χ1v) is 20.8. The van der Waals surface area contributed by atoms with Crippen LogP contribution in [0.2, 0.25) is 0 Å². The summed E-state index contributed by atoms with van der Waals surface area (Å²) in [7, 11) is 0. The first-order chi connectivity index (χ1) is 28.9. The molecule has 1 spiro atoms. The lowest BCUT2D eigenvalue weighted by Crippen LogP contribution is -2.26. The van der Waals surface area contributed by atoms with E-state index in [1.807, 2.05) is 0 Å². The number of hydrogen-bond donors (Lipinski definition) is 0. The molecule has 12 rings (SSSR count). The minimum Gasteiger partial charge on any atom is -0.335 e. The fourth-order valence-electron chi connectivity index (χ4n) is 10.8. The lowest BCUT2D eigenvalue weighted by Gasteiger charge is -2.32. The van der Waals surface area contributed by atoms with E-state index >= 15 is 0 Å². The van der Waals surface area contributed by atoms with Crippen LogP contribution in [0.3, 0.4) is 0 Å². The van der Waals surface area contributed by atoms with Gasteiger partial charge in [-0.05, 0) is 130 Å². The van der Waals surface area contributed by atoms with E-state index in [0.29, 0.717) is 0 Å². The van der Waals surface area contributed by atoms with E-state index < -0.39 is 5.41 Å². The van der Waals surface area contributed by atoms with Gasteiger partial charge in [0.2, 0.25) is 0 Å². The molecule has 9 aromatic carbocycles. The molecule has 0 unspecified atom stereocenters. The molecule has 0 saturated heterocycles. The number of fused-ring (bicyclic) bond motifs is 14. The summed E-state index contributed by atoms with van der Waals surface area (Å²) in [6.07, 6.45) is 0. The normalized spacial score (nSPS) is 13.5. The van der Waals surface area contributed by atoms with Gasteiger partial charge in [-0.2, -0.15) is 0 Å². The van der Waals surface area contributed by atoms with Crippen molar-refractivity contribution >= 4 is 49.6 Å². The molecule has 0 amide bonds. The van der Waals surface area contributed by atoms with Gasteiger partial charge in [0.15, 0.2) is 0 Å². The van der Waals surface area contributed by atoms with Gasteiger partial charge in [0.1, 0.15) is 0 Å². The van der Waals surface area contributed by atoms with Crippen molar-refractivity contribution in [2.24, 2.45) is 0 Å². The van der Waals surface area contributed by atoms with Gasteiger partial charge in [0, 0.05) is 38.9 Å². The molecule has 1 heterocycles. The van der Waals surface area contributed by atoms with Gasteiger partial charge in [-0.15, -0.1) is 0 Å². The van der Waals surface area contributed by atoms with Crippen LogP contribution in [0.4, 0.5) is 17.1 Å². The molecule has 0 fully saturated rings. The smallest absolute Gasteiger partial charge is 0.0726 e. The van der Waals surface area contributed by atoms with E-state index in [2.05, 4.69) is 230 Å². The Morgan fingerprint density at radius 3 is 1.58 bits per heavy atom. The standard InChI is InChI=1S/C57H42N2/c1-56(2,3)59-54-28-16-12-24-47(54)48-32-30-40(36-55(48)59)58(41-33-38-19-7-8-20-42(38)49(34-41)37-17-5-4-6-18-37)39-29-31-46-45-23-11-15-27-52(45)57(53(46)35-39)50-25-13-9-21-43(50)44-22-10-14-26-51(44)57/h4-36H,1-3H3. The molecule has 280 valence electrons. The lowest BCUT2D eigenvalue weighted by molar-refractivity contribution is 0.423. The van der Waals surface area contributed by atoms with Gasteiger partial charge in [-0.1, -0.05) is 158 Å². The largest absolute Gasteiger partial charge is 0.335 e. The molecule has 0 saturated carbocycles. The Labute approximate surface area is 345 Å². The van der Waals surface area contributed by atoms with E-state index in [0.717, 1.165) is 17.1 Å². The Morgan fingerprint density at radius 1 is 0.373 bits per heavy atom. The Hall–Kier alpha value is -7.16. The highest BCUT2D eigenvalue weighted by molar-refractivity contribution is 6.10. The maximum atomic E-state index is 2.52. The number of rotatable bonds is 4. The molecule has 0 radical (unpaired) electrons. The van der Waals surface area contributed by atoms with Crippen LogP contribution in [-0.2, 0) is 11.0 Å². The van der Waals surface area contributed by atoms with Crippen LogP contribution in [0.25, 0.3) is 66.0 Å². The Kier molecular flexibility index (Phi) is 7.14. The molecule has 10 aromatic rings. The molecule has 2 aliphatic rings. The van der Waals surface area contributed by atoms with Crippen LogP contribution < -0.4 is 4.90 Å². The number of nitrogens with zero attached hydrogens (tertiary/aromatic N) is 2. The molecule has 0 N–H and O–H groups in total. The topological polar surface area (TPSA) is 8.17 Å². The van der Waals surface area contributed by atoms with Gasteiger partial charge in [0.25, 0.3) is 0 Å². The zero-order valence-electron chi connectivity index (χ0n) is 33.4. The van der Waals surface area contributed by atoms with E-state index in [1.54, 1.807) is 0 Å². The molecule has 2 nitrogen and oxygen atoms in total. The summed E-state index contributed by atoms with van der Waals surface area (Å²) in [6, 6.07) is 74.9. The average molecular weight is 755 g/mol. The molecule has 2 aliphatic carbocycles. The summed E-state index contributed by atoms with van der Waals surface area (Å²) in [5.74, 6) is 0. The highest BCUT2D eigenvalue weighted by Crippen LogP contribution is 2.63. The summed E-state index contributed by atoms with van der Waals surface area (Å²) in [5, 5.41) is 5.00. The Morgan fingerprint density at radius 2 is 0.898 bits per heavy atom. The van der Waals surface area contributed by atoms with Crippen molar-refractivity contribution in [3.8, 4) is 33.4 Å². The minimum absolute atomic E-state index is 0.136. The van der Waals surface area contributed by atoms with Crippen molar-refractivity contribution in [1.29, 1.82) is 0 Å². The molecule has 59 heavy (non-hydrogen) atoms. The summed E-state index contributed by atoms with van der Waals surface area (Å²) < 4.78 is 2.52. The monoisotopic (exact) mass is 754 g/mol. The highest BCUT2D eigenvalue weighted by atomic mass is 15.1. The lowest BCUT2D eigenvalue weighted by atomic mass is 9.70. The van der Waals surface area contributed by atoms with E-state index in [9.17, 15) is 0 Å². The van der Waals surface area contributed by atoms with Crippen molar-refractivity contribution in [3.63, 3.8) is 0 Å². The first kappa shape index (κ1) is 33.9. The van der Waals surface area contributed by atoms with Gasteiger partial charge in [-0.25, -0.2) is 0 Å². The van der Waals surface area contributed by atoms with Gasteiger partial charge in [-0.3, -0.25) is 0 Å². The van der Waals surface area contributed by atoms with Crippen LogP contribution in [0.15, 0.2) is 200 Å². The molecule has 0 aliphatic heterocycles. The minimum atomic E-state index is -0.442. The van der Waals surface area contributed by atoms with Crippen molar-refractivity contribution < 1.29 is 0 Å². The van der Waals surface area contributed by atoms with E-state index in [1.165, 1.54) is 88.2 Å². The van der Waals surface area contributed by atoms with E-state index in [4.69, 9.17) is 0 Å². The third-order valence-corrected chi connectivity index (χ3v) is 13.0. The molecule has 0 atom stereocenters. The fraction of sp³-hybridized carbons (Fsp3) is 0.0877. The van der Waals surface area contributed by atoms with Crippen LogP contribution in [0, 0.1) is 0 Å². The Bertz CT molecular complexity index is 3260. The van der Waals surface area contributed by atoms with Crippen LogP contribution in [0.1, 0.15) is 43.0 Å². The molecule has 0 bridgehead atoms. The second-order valence-electron chi connectivity index (χ2n) is 17.3. The second-order valence-corrected chi connectivity index (χ2v) is 17.3. The third-order valence-electron chi connectivity index (χ3n) is 13.0. The molecule has 1 aromatic heterocycles. The number of anilines is 3. The summed E-state index contributed by atoms with van der Waals surface area (Å²) in [4.78, 5) is 2.51. The summed E-state index contributed by atoms with van der Waals surface area (Å²) in [6.45, 7) is 6.94. The number of para-hydroxylation sites is 1. The van der Waals surface area contributed by atoms with Gasteiger partial charge in [0.05, 0.1) is 10.9 Å². The molecule has 2 heteroatoms. The Balaban J connectivity index is 1.17. The number of hydrogen-bond acceptors (Lipinski definition) is 1. The highest BCUT2D eigenvalue weighted by Gasteiger charge is 2.51. The second kappa shape index (κ2) is 12.4. The predicted molar refractivity (Wildman–Crippen MR) is 248 cm³/mol. The molecular weight excluding hydrogens is 713 g/mol. The maximum absolute atomic E-state index is 2.52. The van der Waals surface area contributed by atoms with Crippen molar-refractivity contribution in [3.05, 3.63) is 222 Å². The first-order valence-electron chi connectivity index (χ1n) is 20.8. The maximum Gasteiger partial charge on any atom is 0.0726 e. The predicted octanol–water partition coefficient (Wildman–Crippen LogP) is 15.2. The SMILES string of the molecule is CC(C)(C)n1c2ccccc2c2ccc(N(c3ccc4c(c3)C3(c5ccccc5-c5ccccc53)c3ccccc3-4)c3cc(-c4ccccc4)c4ccccc4c3)cc21. The quantitative estimate of drug-likeness (QED) is 0.174. The third kappa shape index (κ3) is 4.75. The zero-order chi connectivity index (χ0) is 39.5. The van der Waals surface area contributed by atoms with E-state index in [-0.39, 0.29) is 5.54 Å². The van der Waals surface area contributed by atoms with Crippen LogP contribution >= 0.6 is 0 Å². The summed E-state index contributed by atoms with van der Waals surface area (Å²) in [5.41, 5.74) is 18.3. The zero-order valence-corrected chi connectivity index (χ0v) is 33.4. The van der Waals surface area contributed by atoms with Crippen LogP contribution in [0.5, 0.6) is 0 Å². The van der Waals surface area contributed by atoms with Gasteiger partial charge >= 0.3 is 0 Å². The van der Waals surface area contributed by atoms with Crippen molar-refractivity contribution in [1.82, 2.24) is 4.57 Å². The van der Waals surface area contributed by atoms with Crippen molar-refractivity contribution in [2.75, 3.05) is 4.90 Å². The number of benzene rings is 9. The van der Waals surface area contributed by atoms with Gasteiger partial charge < -0.3 is 9.47 Å².